The highest BCUT2D eigenvalue weighted by molar-refractivity contribution is 6.70. The van der Waals surface area contributed by atoms with Crippen LogP contribution in [0.1, 0.15) is 24.4 Å². The van der Waals surface area contributed by atoms with E-state index in [2.05, 4.69) is 54.1 Å². The number of hydrogen-bond donors (Lipinski definition) is 1. The standard InChI is InChI=1S/C19H32N2O2Si/c1-24(2,3)23-18-6-4-16(5-7-18)19(17-8-14-22-15-9-17)21-12-10-20-11-13-21/h4-7,17,19-20H,8-15H2,1-3H3/t19-/m0/s1. The Kier molecular flexibility index (Phi) is 5.97. The summed E-state index contributed by atoms with van der Waals surface area (Å²) in [4.78, 5) is 2.67. The first-order valence-corrected chi connectivity index (χ1v) is 12.8. The van der Waals surface area contributed by atoms with Gasteiger partial charge in [-0.25, -0.2) is 0 Å². The molecule has 2 aliphatic heterocycles. The molecule has 5 heteroatoms. The minimum absolute atomic E-state index is 0.511. The maximum Gasteiger partial charge on any atom is 0.242 e. The van der Waals surface area contributed by atoms with Crippen molar-refractivity contribution in [2.45, 2.75) is 38.5 Å². The van der Waals surface area contributed by atoms with Crippen LogP contribution >= 0.6 is 0 Å². The summed E-state index contributed by atoms with van der Waals surface area (Å²) in [5.74, 6) is 1.71. The fraction of sp³-hybridized carbons (Fsp3) is 0.684. The third-order valence-corrected chi connectivity index (χ3v) is 5.75. The summed E-state index contributed by atoms with van der Waals surface area (Å²) in [7, 11) is -1.54. The summed E-state index contributed by atoms with van der Waals surface area (Å²) in [6.45, 7) is 13.0. The van der Waals surface area contributed by atoms with Crippen molar-refractivity contribution in [1.82, 2.24) is 10.2 Å². The molecule has 0 bridgehead atoms. The van der Waals surface area contributed by atoms with Crippen LogP contribution in [-0.4, -0.2) is 52.6 Å². The Labute approximate surface area is 147 Å². The molecule has 2 saturated heterocycles. The van der Waals surface area contributed by atoms with E-state index < -0.39 is 8.32 Å². The van der Waals surface area contributed by atoms with Gasteiger partial charge in [-0.2, -0.15) is 0 Å². The molecule has 2 aliphatic rings. The highest BCUT2D eigenvalue weighted by Crippen LogP contribution is 2.36. The van der Waals surface area contributed by atoms with Crippen LogP contribution in [0.5, 0.6) is 5.75 Å². The topological polar surface area (TPSA) is 33.7 Å². The summed E-state index contributed by atoms with van der Waals surface area (Å²) < 4.78 is 11.7. The van der Waals surface area contributed by atoms with E-state index in [1.54, 1.807) is 0 Å². The summed E-state index contributed by atoms with van der Waals surface area (Å²) in [6.07, 6.45) is 2.34. The van der Waals surface area contributed by atoms with Crippen molar-refractivity contribution in [2.24, 2.45) is 5.92 Å². The smallest absolute Gasteiger partial charge is 0.242 e. The summed E-state index contributed by atoms with van der Waals surface area (Å²) >= 11 is 0. The predicted octanol–water partition coefficient (Wildman–Crippen LogP) is 3.27. The largest absolute Gasteiger partial charge is 0.544 e. The van der Waals surface area contributed by atoms with Gasteiger partial charge in [-0.1, -0.05) is 12.1 Å². The van der Waals surface area contributed by atoms with Crippen LogP contribution in [0.4, 0.5) is 0 Å². The predicted molar refractivity (Wildman–Crippen MR) is 101 cm³/mol. The second-order valence-corrected chi connectivity index (χ2v) is 12.4. The minimum atomic E-state index is -1.54. The molecule has 1 atom stereocenters. The molecule has 0 radical (unpaired) electrons. The molecule has 0 amide bonds. The molecule has 0 aromatic heterocycles. The Hall–Kier alpha value is -0.883. The van der Waals surface area contributed by atoms with Crippen molar-refractivity contribution >= 4 is 8.32 Å². The van der Waals surface area contributed by atoms with E-state index in [0.29, 0.717) is 12.0 Å². The lowest BCUT2D eigenvalue weighted by molar-refractivity contribution is 0.0213. The van der Waals surface area contributed by atoms with Gasteiger partial charge in [-0.15, -0.1) is 0 Å². The zero-order valence-electron chi connectivity index (χ0n) is 15.4. The van der Waals surface area contributed by atoms with Gasteiger partial charge in [0.2, 0.25) is 8.32 Å². The lowest BCUT2D eigenvalue weighted by Crippen LogP contribution is -2.47. The van der Waals surface area contributed by atoms with E-state index in [1.165, 1.54) is 18.4 Å². The zero-order valence-corrected chi connectivity index (χ0v) is 16.4. The third kappa shape index (κ3) is 4.82. The number of piperazine rings is 1. The molecule has 1 aromatic carbocycles. The van der Waals surface area contributed by atoms with Crippen molar-refractivity contribution in [3.8, 4) is 5.75 Å². The quantitative estimate of drug-likeness (QED) is 0.828. The maximum absolute atomic E-state index is 6.12. The van der Waals surface area contributed by atoms with E-state index in [9.17, 15) is 0 Å². The summed E-state index contributed by atoms with van der Waals surface area (Å²) in [5, 5.41) is 3.48. The third-order valence-electron chi connectivity index (χ3n) is 4.90. The lowest BCUT2D eigenvalue weighted by atomic mass is 9.85. The number of benzene rings is 1. The van der Waals surface area contributed by atoms with Crippen LogP contribution in [0.15, 0.2) is 24.3 Å². The normalized spacial score (nSPS) is 22.3. The molecule has 1 aromatic rings. The van der Waals surface area contributed by atoms with Crippen LogP contribution in [-0.2, 0) is 4.74 Å². The average Bonchev–Trinajstić information content (AvgIpc) is 2.57. The molecular weight excluding hydrogens is 316 g/mol. The van der Waals surface area contributed by atoms with Gasteiger partial charge in [0, 0.05) is 45.4 Å². The maximum atomic E-state index is 6.12. The van der Waals surface area contributed by atoms with Crippen molar-refractivity contribution in [3.05, 3.63) is 29.8 Å². The lowest BCUT2D eigenvalue weighted by Gasteiger charge is -2.41. The second kappa shape index (κ2) is 8.00. The first kappa shape index (κ1) is 17.9. The zero-order chi connectivity index (χ0) is 17.0. The first-order chi connectivity index (χ1) is 11.5. The SMILES string of the molecule is C[Si](C)(C)Oc1ccc([C@@H](C2CCOCC2)N2CCNCC2)cc1. The molecule has 1 N–H and O–H groups in total. The molecule has 2 fully saturated rings. The highest BCUT2D eigenvalue weighted by atomic mass is 28.4. The molecule has 134 valence electrons. The second-order valence-electron chi connectivity index (χ2n) is 7.96. The Bertz CT molecular complexity index is 485. The van der Waals surface area contributed by atoms with Crippen molar-refractivity contribution in [1.29, 1.82) is 0 Å². The first-order valence-electron chi connectivity index (χ1n) is 9.34. The van der Waals surface area contributed by atoms with E-state index in [-0.39, 0.29) is 0 Å². The van der Waals surface area contributed by atoms with Gasteiger partial charge in [0.15, 0.2) is 0 Å². The van der Waals surface area contributed by atoms with Crippen LogP contribution in [0.2, 0.25) is 19.6 Å². The van der Waals surface area contributed by atoms with Crippen molar-refractivity contribution in [3.63, 3.8) is 0 Å². The Morgan fingerprint density at radius 2 is 1.71 bits per heavy atom. The van der Waals surface area contributed by atoms with Gasteiger partial charge in [0.1, 0.15) is 5.75 Å². The van der Waals surface area contributed by atoms with E-state index in [4.69, 9.17) is 9.16 Å². The van der Waals surface area contributed by atoms with E-state index >= 15 is 0 Å². The van der Waals surface area contributed by atoms with Gasteiger partial charge in [-0.05, 0) is 56.1 Å². The Morgan fingerprint density at radius 1 is 1.08 bits per heavy atom. The molecule has 0 unspecified atom stereocenters. The number of rotatable bonds is 5. The van der Waals surface area contributed by atoms with Gasteiger partial charge in [0.25, 0.3) is 0 Å². The number of nitrogens with zero attached hydrogens (tertiary/aromatic N) is 1. The number of hydrogen-bond acceptors (Lipinski definition) is 4. The van der Waals surface area contributed by atoms with Gasteiger partial charge >= 0.3 is 0 Å². The van der Waals surface area contributed by atoms with Gasteiger partial charge in [0.05, 0.1) is 0 Å². The average molecular weight is 349 g/mol. The monoisotopic (exact) mass is 348 g/mol. The molecular formula is C19H32N2O2Si. The highest BCUT2D eigenvalue weighted by Gasteiger charge is 2.31. The minimum Gasteiger partial charge on any atom is -0.544 e. The number of nitrogens with one attached hydrogen (secondary N) is 1. The fourth-order valence-corrected chi connectivity index (χ4v) is 4.70. The molecule has 0 spiro atoms. The number of ether oxygens (including phenoxy) is 1. The molecule has 3 rings (SSSR count). The van der Waals surface area contributed by atoms with E-state index in [0.717, 1.165) is 45.1 Å². The Balaban J connectivity index is 1.78. The molecule has 0 saturated carbocycles. The fourth-order valence-electron chi connectivity index (χ4n) is 3.86. The molecule has 4 nitrogen and oxygen atoms in total. The Morgan fingerprint density at radius 3 is 2.29 bits per heavy atom. The van der Waals surface area contributed by atoms with Crippen molar-refractivity contribution < 1.29 is 9.16 Å². The summed E-state index contributed by atoms with van der Waals surface area (Å²) in [6, 6.07) is 9.43. The van der Waals surface area contributed by atoms with Gasteiger partial charge < -0.3 is 14.5 Å². The van der Waals surface area contributed by atoms with Crippen LogP contribution in [0, 0.1) is 5.92 Å². The molecule has 0 aliphatic carbocycles. The van der Waals surface area contributed by atoms with Crippen LogP contribution < -0.4 is 9.74 Å². The molecule has 2 heterocycles. The van der Waals surface area contributed by atoms with Crippen molar-refractivity contribution in [2.75, 3.05) is 39.4 Å². The summed E-state index contributed by atoms with van der Waals surface area (Å²) in [5.41, 5.74) is 1.44. The van der Waals surface area contributed by atoms with E-state index in [1.807, 2.05) is 0 Å². The van der Waals surface area contributed by atoms with Crippen LogP contribution in [0.3, 0.4) is 0 Å². The molecule has 24 heavy (non-hydrogen) atoms. The van der Waals surface area contributed by atoms with Crippen LogP contribution in [0.25, 0.3) is 0 Å². The van der Waals surface area contributed by atoms with Gasteiger partial charge in [-0.3, -0.25) is 4.90 Å².